The van der Waals surface area contributed by atoms with Gasteiger partial charge in [-0.25, -0.2) is 4.98 Å². The first-order chi connectivity index (χ1) is 14.9. The average Bonchev–Trinajstić information content (AvgIpc) is 3.48. The van der Waals surface area contributed by atoms with Crippen LogP contribution in [0, 0.1) is 0 Å². The first-order valence-electron chi connectivity index (χ1n) is 10.4. The molecule has 2 aromatic heterocycles. The fraction of sp³-hybridized carbons (Fsp3) is 0.455. The summed E-state index contributed by atoms with van der Waals surface area (Å²) < 4.78 is 46.4. The zero-order valence-corrected chi connectivity index (χ0v) is 16.9. The molecule has 0 amide bonds. The summed E-state index contributed by atoms with van der Waals surface area (Å²) in [6.07, 6.45) is 0.830. The van der Waals surface area contributed by atoms with Crippen molar-refractivity contribution in [2.75, 3.05) is 26.3 Å². The van der Waals surface area contributed by atoms with E-state index in [4.69, 9.17) is 4.74 Å². The Balaban J connectivity index is 1.34. The number of rotatable bonds is 4. The summed E-state index contributed by atoms with van der Waals surface area (Å²) in [5, 5.41) is 0. The lowest BCUT2D eigenvalue weighted by atomic mass is 9.96. The molecule has 164 valence electrons. The molecule has 2 unspecified atom stereocenters. The quantitative estimate of drug-likeness (QED) is 0.685. The first-order valence-corrected chi connectivity index (χ1v) is 10.4. The molecule has 2 atom stereocenters. The zero-order valence-electron chi connectivity index (χ0n) is 16.9. The Hall–Kier alpha value is -2.65. The van der Waals surface area contributed by atoms with Crippen molar-refractivity contribution >= 4 is 5.52 Å². The zero-order chi connectivity index (χ0) is 21.6. The van der Waals surface area contributed by atoms with Crippen LogP contribution >= 0.6 is 0 Å². The average molecular weight is 432 g/mol. The van der Waals surface area contributed by atoms with Crippen LogP contribution in [-0.2, 0) is 17.5 Å². The third kappa shape index (κ3) is 3.99. The van der Waals surface area contributed by atoms with Crippen molar-refractivity contribution in [2.45, 2.75) is 37.4 Å². The van der Waals surface area contributed by atoms with Crippen molar-refractivity contribution in [2.24, 2.45) is 0 Å². The summed E-state index contributed by atoms with van der Waals surface area (Å²) >= 11 is 0. The molecular formula is C22H23F3N4O2. The molecule has 4 heterocycles. The van der Waals surface area contributed by atoms with Crippen LogP contribution in [0.15, 0.2) is 41.5 Å². The minimum Gasteiger partial charge on any atom is -0.381 e. The second kappa shape index (κ2) is 7.80. The molecule has 0 radical (unpaired) electrons. The summed E-state index contributed by atoms with van der Waals surface area (Å²) in [4.78, 5) is 22.1. The number of fused-ring (bicyclic) bond motifs is 1. The van der Waals surface area contributed by atoms with Crippen LogP contribution in [0.1, 0.15) is 47.3 Å². The summed E-state index contributed by atoms with van der Waals surface area (Å²) in [7, 11) is 0. The molecule has 6 nitrogen and oxygen atoms in total. The highest BCUT2D eigenvalue weighted by molar-refractivity contribution is 5.44. The van der Waals surface area contributed by atoms with E-state index in [0.717, 1.165) is 37.0 Å². The molecule has 0 saturated carbocycles. The number of aromatic nitrogens is 3. The van der Waals surface area contributed by atoms with E-state index < -0.39 is 11.7 Å². The van der Waals surface area contributed by atoms with Crippen molar-refractivity contribution < 1.29 is 17.9 Å². The van der Waals surface area contributed by atoms with Gasteiger partial charge in [0.1, 0.15) is 11.3 Å². The molecule has 3 aromatic rings. The molecule has 9 heteroatoms. The maximum Gasteiger partial charge on any atom is 0.416 e. The van der Waals surface area contributed by atoms with Crippen molar-refractivity contribution in [1.82, 2.24) is 19.3 Å². The normalized spacial score (nSPS) is 22.5. The minimum absolute atomic E-state index is 0.0391. The number of imidazole rings is 1. The number of benzene rings is 1. The molecule has 2 saturated heterocycles. The van der Waals surface area contributed by atoms with E-state index in [1.54, 1.807) is 12.3 Å². The van der Waals surface area contributed by atoms with Crippen molar-refractivity contribution in [3.63, 3.8) is 0 Å². The van der Waals surface area contributed by atoms with Crippen molar-refractivity contribution in [3.8, 4) is 0 Å². The summed E-state index contributed by atoms with van der Waals surface area (Å²) in [5.74, 6) is 1.05. The molecule has 1 N–H and O–H groups in total. The predicted molar refractivity (Wildman–Crippen MR) is 108 cm³/mol. The summed E-state index contributed by atoms with van der Waals surface area (Å²) in [5.41, 5.74) is 1.18. The van der Waals surface area contributed by atoms with Gasteiger partial charge in [-0.15, -0.1) is 0 Å². The fourth-order valence-electron chi connectivity index (χ4n) is 4.66. The number of nitrogens with one attached hydrogen (secondary N) is 1. The molecule has 0 spiro atoms. The van der Waals surface area contributed by atoms with Crippen LogP contribution in [0.5, 0.6) is 0 Å². The van der Waals surface area contributed by atoms with E-state index in [1.165, 1.54) is 12.1 Å². The van der Waals surface area contributed by atoms with Crippen LogP contribution in [-0.4, -0.2) is 45.6 Å². The van der Waals surface area contributed by atoms with Gasteiger partial charge in [0.2, 0.25) is 0 Å². The van der Waals surface area contributed by atoms with Gasteiger partial charge in [0, 0.05) is 37.5 Å². The number of alkyl halides is 3. The number of hydrogen-bond acceptors (Lipinski definition) is 4. The van der Waals surface area contributed by atoms with E-state index >= 15 is 0 Å². The highest BCUT2D eigenvalue weighted by Crippen LogP contribution is 2.34. The van der Waals surface area contributed by atoms with Crippen LogP contribution < -0.4 is 5.56 Å². The van der Waals surface area contributed by atoms with Gasteiger partial charge in [-0.3, -0.25) is 14.1 Å². The summed E-state index contributed by atoms with van der Waals surface area (Å²) in [6, 6.07) is 5.59. The molecule has 0 aliphatic carbocycles. The van der Waals surface area contributed by atoms with Gasteiger partial charge < -0.3 is 9.72 Å². The van der Waals surface area contributed by atoms with Gasteiger partial charge in [-0.05, 0) is 36.9 Å². The Morgan fingerprint density at radius 1 is 1.23 bits per heavy atom. The highest BCUT2D eigenvalue weighted by Gasteiger charge is 2.32. The van der Waals surface area contributed by atoms with E-state index in [1.807, 2.05) is 10.6 Å². The Bertz CT molecular complexity index is 1150. The molecule has 2 fully saturated rings. The topological polar surface area (TPSA) is 62.6 Å². The van der Waals surface area contributed by atoms with Crippen LogP contribution in [0.4, 0.5) is 13.2 Å². The number of aromatic amines is 1. The third-order valence-corrected chi connectivity index (χ3v) is 6.26. The predicted octanol–water partition coefficient (Wildman–Crippen LogP) is 3.53. The Kier molecular flexibility index (Phi) is 5.10. The fourth-order valence-corrected chi connectivity index (χ4v) is 4.66. The molecule has 1 aromatic carbocycles. The smallest absolute Gasteiger partial charge is 0.381 e. The molecule has 2 aliphatic rings. The van der Waals surface area contributed by atoms with Crippen LogP contribution in [0.3, 0.4) is 0 Å². The SMILES string of the molecule is O=c1[nH]c(CN2CCC(c3cccc(C(F)(F)F)c3)C2)cn2c(C3CCOC3)ncc12. The lowest BCUT2D eigenvalue weighted by Crippen LogP contribution is -2.23. The van der Waals surface area contributed by atoms with Crippen LogP contribution in [0.2, 0.25) is 0 Å². The van der Waals surface area contributed by atoms with Crippen molar-refractivity contribution in [1.29, 1.82) is 0 Å². The number of halogens is 3. The molecule has 2 aliphatic heterocycles. The molecule has 0 bridgehead atoms. The summed E-state index contributed by atoms with van der Waals surface area (Å²) in [6.45, 7) is 3.23. The number of nitrogens with zero attached hydrogens (tertiary/aromatic N) is 3. The van der Waals surface area contributed by atoms with E-state index in [2.05, 4.69) is 14.9 Å². The third-order valence-electron chi connectivity index (χ3n) is 6.26. The van der Waals surface area contributed by atoms with Gasteiger partial charge in [0.25, 0.3) is 5.56 Å². The Morgan fingerprint density at radius 3 is 2.87 bits per heavy atom. The molecule has 5 rings (SSSR count). The minimum atomic E-state index is -4.34. The monoisotopic (exact) mass is 432 g/mol. The Labute approximate surface area is 176 Å². The van der Waals surface area contributed by atoms with Crippen molar-refractivity contribution in [3.05, 3.63) is 69.7 Å². The van der Waals surface area contributed by atoms with Gasteiger partial charge in [-0.2, -0.15) is 13.2 Å². The standard InChI is InChI=1S/C22H23F3N4O2/c23-22(24,25)17-3-1-2-14(8-17)15-4-6-28(10-15)11-18-12-29-19(21(30)27-18)9-26-20(29)16-5-7-31-13-16/h1-3,8-9,12,15-16H,4-7,10-11,13H2,(H,27,30). The molecular weight excluding hydrogens is 409 g/mol. The first kappa shape index (κ1) is 20.3. The number of H-pyrrole nitrogens is 1. The lowest BCUT2D eigenvalue weighted by molar-refractivity contribution is -0.137. The van der Waals surface area contributed by atoms with Gasteiger partial charge >= 0.3 is 6.18 Å². The second-order valence-electron chi connectivity index (χ2n) is 8.38. The van der Waals surface area contributed by atoms with E-state index in [-0.39, 0.29) is 17.4 Å². The number of likely N-dealkylation sites (tertiary alicyclic amines) is 1. The van der Waals surface area contributed by atoms with Gasteiger partial charge in [-0.1, -0.05) is 18.2 Å². The number of hydrogen-bond donors (Lipinski definition) is 1. The van der Waals surface area contributed by atoms with Gasteiger partial charge in [0.05, 0.1) is 18.4 Å². The molecule has 31 heavy (non-hydrogen) atoms. The lowest BCUT2D eigenvalue weighted by Gasteiger charge is -2.17. The van der Waals surface area contributed by atoms with Crippen LogP contribution in [0.25, 0.3) is 5.52 Å². The Morgan fingerprint density at radius 2 is 2.10 bits per heavy atom. The van der Waals surface area contributed by atoms with E-state index in [9.17, 15) is 18.0 Å². The number of ether oxygens (including phenoxy) is 1. The maximum absolute atomic E-state index is 13.0. The largest absolute Gasteiger partial charge is 0.416 e. The van der Waals surface area contributed by atoms with E-state index in [0.29, 0.717) is 37.4 Å². The van der Waals surface area contributed by atoms with Gasteiger partial charge in [0.15, 0.2) is 0 Å². The second-order valence-corrected chi connectivity index (χ2v) is 8.38. The highest BCUT2D eigenvalue weighted by atomic mass is 19.4. The maximum atomic E-state index is 13.0.